The highest BCUT2D eigenvalue weighted by atomic mass is 16.6. The predicted molar refractivity (Wildman–Crippen MR) is 72.9 cm³/mol. The Morgan fingerprint density at radius 1 is 1.42 bits per heavy atom. The largest absolute Gasteiger partial charge is 0.351 e. The molecule has 0 heterocycles. The maximum atomic E-state index is 10.1. The fraction of sp³-hybridized carbons (Fsp3) is 0.625. The predicted octanol–water partition coefficient (Wildman–Crippen LogP) is 2.60. The van der Waals surface area contributed by atoms with E-state index >= 15 is 0 Å². The van der Waals surface area contributed by atoms with E-state index in [4.69, 9.17) is 4.74 Å². The van der Waals surface area contributed by atoms with Gasteiger partial charge in [-0.25, -0.2) is 0 Å². The summed E-state index contributed by atoms with van der Waals surface area (Å²) in [7, 11) is 0. The van der Waals surface area contributed by atoms with E-state index in [1.54, 1.807) is 5.57 Å². The lowest BCUT2D eigenvalue weighted by molar-refractivity contribution is -0.191. The van der Waals surface area contributed by atoms with Crippen LogP contribution in [0.2, 0.25) is 0 Å². The summed E-state index contributed by atoms with van der Waals surface area (Å²) in [5, 5.41) is 13.2. The molecule has 0 amide bonds. The summed E-state index contributed by atoms with van der Waals surface area (Å²) in [6, 6.07) is 0. The molecule has 0 aromatic rings. The minimum atomic E-state index is -0.883. The van der Waals surface area contributed by atoms with E-state index in [1.807, 2.05) is 12.2 Å². The number of rotatable bonds is 4. The molecule has 102 valence electrons. The Hall–Kier alpha value is -1.06. The van der Waals surface area contributed by atoms with Gasteiger partial charge in [-0.1, -0.05) is 23.8 Å². The second-order valence-corrected chi connectivity index (χ2v) is 6.47. The van der Waals surface area contributed by atoms with Gasteiger partial charge in [0.15, 0.2) is 0 Å². The Morgan fingerprint density at radius 2 is 2.37 bits per heavy atom. The molecular weight excluding hydrogens is 238 g/mol. The molecule has 0 aromatic heterocycles. The van der Waals surface area contributed by atoms with Gasteiger partial charge in [0.2, 0.25) is 6.41 Å². The molecule has 3 heteroatoms. The van der Waals surface area contributed by atoms with Gasteiger partial charge in [-0.05, 0) is 56.4 Å². The van der Waals surface area contributed by atoms with Crippen LogP contribution in [0.3, 0.4) is 0 Å². The first-order valence-corrected chi connectivity index (χ1v) is 7.42. The molecule has 19 heavy (non-hydrogen) atoms. The van der Waals surface area contributed by atoms with Crippen molar-refractivity contribution in [1.82, 2.24) is 5.32 Å². The molecule has 0 spiro atoms. The van der Waals surface area contributed by atoms with Gasteiger partial charge in [0.25, 0.3) is 0 Å². The minimum Gasteiger partial charge on any atom is -0.351 e. The van der Waals surface area contributed by atoms with Crippen LogP contribution in [0.5, 0.6) is 0 Å². The summed E-state index contributed by atoms with van der Waals surface area (Å²) in [6.45, 7) is 0. The number of allylic oxidation sites excluding steroid dienone is 5. The highest BCUT2D eigenvalue weighted by molar-refractivity contribution is 5.31. The fourth-order valence-corrected chi connectivity index (χ4v) is 4.39. The number of hydrogen-bond acceptors (Lipinski definition) is 3. The zero-order chi connectivity index (χ0) is 12.9. The Kier molecular flexibility index (Phi) is 2.61. The summed E-state index contributed by atoms with van der Waals surface area (Å²) in [6.07, 6.45) is 14.4. The zero-order valence-corrected chi connectivity index (χ0v) is 11.1. The molecule has 2 fully saturated rings. The van der Waals surface area contributed by atoms with Crippen molar-refractivity contribution in [3.63, 3.8) is 0 Å². The SMILES string of the molecule is OC(NC1=CC=CCC1)OC12C=C3CC(CC3C1)C2. The van der Waals surface area contributed by atoms with E-state index in [1.165, 1.54) is 12.8 Å². The Balaban J connectivity index is 1.42. The van der Waals surface area contributed by atoms with Crippen molar-refractivity contribution in [3.8, 4) is 0 Å². The molecular formula is C16H21NO2. The summed E-state index contributed by atoms with van der Waals surface area (Å²) in [5.41, 5.74) is 2.47. The monoisotopic (exact) mass is 259 g/mol. The third-order valence-corrected chi connectivity index (χ3v) is 5.01. The smallest absolute Gasteiger partial charge is 0.236 e. The first-order valence-electron chi connectivity index (χ1n) is 7.42. The molecule has 5 aliphatic carbocycles. The standard InChI is InChI=1S/C16H21NO2/c18-15(17-14-4-2-1-3-5-14)19-16-8-11-6-12(9-16)13(7-11)10-16/h1-2,4,9,11,13,15,17-18H,3,5-8,10H2. The molecule has 0 aromatic carbocycles. The van der Waals surface area contributed by atoms with Gasteiger partial charge in [0, 0.05) is 5.70 Å². The first-order chi connectivity index (χ1) is 9.22. The van der Waals surface area contributed by atoms with Crippen molar-refractivity contribution in [3.05, 3.63) is 35.6 Å². The number of aliphatic hydroxyl groups is 1. The molecule has 4 atom stereocenters. The first kappa shape index (κ1) is 11.7. The lowest BCUT2D eigenvalue weighted by Crippen LogP contribution is -2.43. The van der Waals surface area contributed by atoms with Crippen LogP contribution in [-0.4, -0.2) is 17.1 Å². The molecule has 0 radical (unpaired) electrons. The summed E-state index contributed by atoms with van der Waals surface area (Å²) >= 11 is 0. The summed E-state index contributed by atoms with van der Waals surface area (Å²) < 4.78 is 5.98. The zero-order valence-electron chi connectivity index (χ0n) is 11.1. The van der Waals surface area contributed by atoms with Crippen LogP contribution in [-0.2, 0) is 4.74 Å². The van der Waals surface area contributed by atoms with Crippen LogP contribution in [0.25, 0.3) is 0 Å². The number of ether oxygens (including phenoxy) is 1. The van der Waals surface area contributed by atoms with Crippen LogP contribution < -0.4 is 5.32 Å². The molecule has 2 saturated carbocycles. The maximum Gasteiger partial charge on any atom is 0.236 e. The van der Waals surface area contributed by atoms with Gasteiger partial charge in [0.1, 0.15) is 0 Å². The van der Waals surface area contributed by atoms with E-state index < -0.39 is 6.41 Å². The van der Waals surface area contributed by atoms with Crippen LogP contribution in [0.15, 0.2) is 35.6 Å². The topological polar surface area (TPSA) is 41.5 Å². The van der Waals surface area contributed by atoms with Crippen molar-refractivity contribution in [2.75, 3.05) is 0 Å². The van der Waals surface area contributed by atoms with Crippen LogP contribution in [0, 0.1) is 11.8 Å². The van der Waals surface area contributed by atoms with Crippen molar-refractivity contribution in [2.24, 2.45) is 11.8 Å². The van der Waals surface area contributed by atoms with Gasteiger partial charge in [-0.3, -0.25) is 0 Å². The second kappa shape index (κ2) is 4.22. The third-order valence-electron chi connectivity index (χ3n) is 5.01. The molecule has 4 bridgehead atoms. The van der Waals surface area contributed by atoms with Gasteiger partial charge < -0.3 is 15.2 Å². The van der Waals surface area contributed by atoms with E-state index in [0.717, 1.165) is 43.2 Å². The maximum absolute atomic E-state index is 10.1. The Labute approximate surface area is 114 Å². The molecule has 3 nitrogen and oxygen atoms in total. The van der Waals surface area contributed by atoms with E-state index in [2.05, 4.69) is 17.5 Å². The lowest BCUT2D eigenvalue weighted by atomic mass is 9.80. The average molecular weight is 259 g/mol. The van der Waals surface area contributed by atoms with E-state index in [-0.39, 0.29) is 5.60 Å². The number of hydrogen-bond donors (Lipinski definition) is 2. The Bertz CT molecular complexity index is 479. The van der Waals surface area contributed by atoms with Crippen molar-refractivity contribution >= 4 is 0 Å². The van der Waals surface area contributed by atoms with Crippen LogP contribution >= 0.6 is 0 Å². The third kappa shape index (κ3) is 2.05. The average Bonchev–Trinajstić information content (AvgIpc) is 2.77. The normalized spacial score (nSPS) is 40.3. The molecule has 2 N–H and O–H groups in total. The second-order valence-electron chi connectivity index (χ2n) is 6.47. The summed E-state index contributed by atoms with van der Waals surface area (Å²) in [4.78, 5) is 0. The van der Waals surface area contributed by atoms with Gasteiger partial charge in [-0.2, -0.15) is 0 Å². The van der Waals surface area contributed by atoms with E-state index in [0.29, 0.717) is 0 Å². The van der Waals surface area contributed by atoms with Crippen LogP contribution in [0.4, 0.5) is 0 Å². The van der Waals surface area contributed by atoms with Crippen LogP contribution in [0.1, 0.15) is 38.5 Å². The Morgan fingerprint density at radius 3 is 3.11 bits per heavy atom. The minimum absolute atomic E-state index is 0.182. The summed E-state index contributed by atoms with van der Waals surface area (Å²) in [5.74, 6) is 1.53. The molecule has 0 aliphatic heterocycles. The van der Waals surface area contributed by atoms with E-state index in [9.17, 15) is 5.11 Å². The molecule has 5 rings (SSSR count). The molecule has 0 saturated heterocycles. The van der Waals surface area contributed by atoms with Crippen molar-refractivity contribution < 1.29 is 9.84 Å². The fourth-order valence-electron chi connectivity index (χ4n) is 4.39. The lowest BCUT2D eigenvalue weighted by Gasteiger charge is -2.38. The van der Waals surface area contributed by atoms with Crippen molar-refractivity contribution in [2.45, 2.75) is 50.5 Å². The van der Waals surface area contributed by atoms with Gasteiger partial charge in [-0.15, -0.1) is 0 Å². The number of aliphatic hydroxyl groups excluding tert-OH is 1. The number of nitrogens with one attached hydrogen (secondary N) is 1. The quantitative estimate of drug-likeness (QED) is 0.602. The highest BCUT2D eigenvalue weighted by Crippen LogP contribution is 2.57. The molecule has 5 aliphatic rings. The van der Waals surface area contributed by atoms with Crippen molar-refractivity contribution in [1.29, 1.82) is 0 Å². The van der Waals surface area contributed by atoms with Gasteiger partial charge >= 0.3 is 0 Å². The van der Waals surface area contributed by atoms with Gasteiger partial charge in [0.05, 0.1) is 5.60 Å². The molecule has 4 unspecified atom stereocenters. The highest BCUT2D eigenvalue weighted by Gasteiger charge is 2.52.